The molecule has 1 aliphatic rings. The number of hydrogen-bond donors (Lipinski definition) is 1. The van der Waals surface area contributed by atoms with Gasteiger partial charge in [0.2, 0.25) is 0 Å². The Hall–Kier alpha value is -1.55. The van der Waals surface area contributed by atoms with Crippen LogP contribution in [0.1, 0.15) is 44.8 Å². The minimum atomic E-state index is -0.477. The summed E-state index contributed by atoms with van der Waals surface area (Å²) in [5, 5.41) is 3.95. The summed E-state index contributed by atoms with van der Waals surface area (Å²) in [5.74, 6) is 0.425. The monoisotopic (exact) mass is 308 g/mol. The molecule has 1 heterocycles. The summed E-state index contributed by atoms with van der Waals surface area (Å²) in [6.07, 6.45) is 5.48. The van der Waals surface area contributed by atoms with Gasteiger partial charge in [-0.2, -0.15) is 0 Å². The largest absolute Gasteiger partial charge is 0.380 e. The van der Waals surface area contributed by atoms with Crippen molar-refractivity contribution in [2.45, 2.75) is 44.4 Å². The van der Waals surface area contributed by atoms with E-state index >= 15 is 0 Å². The zero-order chi connectivity index (χ0) is 15.0. The molecule has 5 heteroatoms. The van der Waals surface area contributed by atoms with Crippen molar-refractivity contribution in [3.8, 4) is 11.1 Å². The molecular formula is C16H18ClFN2O. The highest BCUT2D eigenvalue weighted by molar-refractivity contribution is 6.31. The van der Waals surface area contributed by atoms with Gasteiger partial charge in [0.05, 0.1) is 10.6 Å². The van der Waals surface area contributed by atoms with Crippen LogP contribution >= 0.6 is 11.6 Å². The molecule has 0 radical (unpaired) electrons. The molecule has 0 saturated heterocycles. The van der Waals surface area contributed by atoms with Crippen molar-refractivity contribution in [1.82, 2.24) is 5.16 Å². The summed E-state index contributed by atoms with van der Waals surface area (Å²) in [4.78, 5) is 0. The number of aromatic nitrogens is 1. The maximum Gasteiger partial charge on any atom is 0.175 e. The van der Waals surface area contributed by atoms with Crippen molar-refractivity contribution in [2.75, 3.05) is 5.73 Å². The van der Waals surface area contributed by atoms with Crippen LogP contribution in [0.3, 0.4) is 0 Å². The molecule has 3 rings (SSSR count). The van der Waals surface area contributed by atoms with E-state index in [4.69, 9.17) is 21.9 Å². The second-order valence-electron chi connectivity index (χ2n) is 5.99. The molecule has 112 valence electrons. The molecule has 1 aromatic heterocycles. The highest BCUT2D eigenvalue weighted by Gasteiger charge is 2.37. The third kappa shape index (κ3) is 2.42. The Labute approximate surface area is 128 Å². The molecule has 0 aliphatic heterocycles. The Morgan fingerprint density at radius 2 is 2.00 bits per heavy atom. The number of benzene rings is 1. The van der Waals surface area contributed by atoms with E-state index in [0.29, 0.717) is 16.9 Å². The van der Waals surface area contributed by atoms with Gasteiger partial charge in [-0.05, 0) is 18.9 Å². The van der Waals surface area contributed by atoms with Crippen LogP contribution < -0.4 is 5.73 Å². The van der Waals surface area contributed by atoms with Crippen molar-refractivity contribution < 1.29 is 8.91 Å². The number of hydrogen-bond acceptors (Lipinski definition) is 3. The molecule has 0 unspecified atom stereocenters. The lowest BCUT2D eigenvalue weighted by Gasteiger charge is -2.31. The highest BCUT2D eigenvalue weighted by atomic mass is 35.5. The first-order valence-electron chi connectivity index (χ1n) is 7.23. The number of rotatable bonds is 2. The lowest BCUT2D eigenvalue weighted by Crippen LogP contribution is -2.25. The Bertz CT molecular complexity index is 662. The van der Waals surface area contributed by atoms with Gasteiger partial charge in [0.25, 0.3) is 0 Å². The van der Waals surface area contributed by atoms with Crippen LogP contribution in [-0.2, 0) is 5.41 Å². The lowest BCUT2D eigenvalue weighted by molar-refractivity contribution is 0.241. The van der Waals surface area contributed by atoms with Gasteiger partial charge in [-0.1, -0.05) is 55.1 Å². The number of nitrogen functional groups attached to an aromatic ring is 1. The van der Waals surface area contributed by atoms with Crippen molar-refractivity contribution >= 4 is 17.4 Å². The zero-order valence-corrected chi connectivity index (χ0v) is 12.7. The van der Waals surface area contributed by atoms with Crippen LogP contribution in [0.4, 0.5) is 10.2 Å². The van der Waals surface area contributed by atoms with Gasteiger partial charge in [0.1, 0.15) is 5.82 Å². The molecule has 0 spiro atoms. The Morgan fingerprint density at radius 1 is 1.29 bits per heavy atom. The topological polar surface area (TPSA) is 52.0 Å². The van der Waals surface area contributed by atoms with Gasteiger partial charge >= 0.3 is 0 Å². The number of nitrogens with two attached hydrogens (primary N) is 1. The molecule has 2 N–H and O–H groups in total. The summed E-state index contributed by atoms with van der Waals surface area (Å²) in [5.41, 5.74) is 6.72. The van der Waals surface area contributed by atoms with E-state index < -0.39 is 5.82 Å². The smallest absolute Gasteiger partial charge is 0.175 e. The maximum atomic E-state index is 14.4. The molecular weight excluding hydrogens is 291 g/mol. The summed E-state index contributed by atoms with van der Waals surface area (Å²) in [6, 6.07) is 4.89. The molecule has 1 saturated carbocycles. The Morgan fingerprint density at radius 3 is 2.71 bits per heavy atom. The minimum absolute atomic E-state index is 0.0767. The standard InChI is InChI=1S/C16H18ClFN2O/c1-16(8-3-2-4-9-16)14-12(15(19)20-21-14)10-6-5-7-11(17)13(10)18/h5-7H,2-4,8-9H2,1H3,(H2,19,20). The van der Waals surface area contributed by atoms with Gasteiger partial charge in [0.15, 0.2) is 11.6 Å². The van der Waals surface area contributed by atoms with Gasteiger partial charge in [-0.25, -0.2) is 4.39 Å². The Balaban J connectivity index is 2.15. The van der Waals surface area contributed by atoms with Gasteiger partial charge in [-0.3, -0.25) is 0 Å². The first kappa shape index (κ1) is 14.4. The normalized spacial score (nSPS) is 17.9. The van der Waals surface area contributed by atoms with E-state index in [1.807, 2.05) is 0 Å². The second-order valence-corrected chi connectivity index (χ2v) is 6.40. The first-order valence-corrected chi connectivity index (χ1v) is 7.61. The SMILES string of the molecule is CC1(c2onc(N)c2-c2cccc(Cl)c2F)CCCCC1. The van der Waals surface area contributed by atoms with Crippen molar-refractivity contribution in [1.29, 1.82) is 0 Å². The van der Waals surface area contributed by atoms with Crippen LogP contribution in [0.25, 0.3) is 11.1 Å². The fourth-order valence-corrected chi connectivity index (χ4v) is 3.41. The average molecular weight is 309 g/mol. The van der Waals surface area contributed by atoms with E-state index in [-0.39, 0.29) is 16.3 Å². The van der Waals surface area contributed by atoms with E-state index in [1.54, 1.807) is 12.1 Å². The quantitative estimate of drug-likeness (QED) is 0.855. The maximum absolute atomic E-state index is 14.4. The predicted octanol–water partition coefficient (Wildman–Crippen LogP) is 4.94. The minimum Gasteiger partial charge on any atom is -0.380 e. The van der Waals surface area contributed by atoms with E-state index in [0.717, 1.165) is 25.7 Å². The van der Waals surface area contributed by atoms with E-state index in [2.05, 4.69) is 12.1 Å². The molecule has 3 nitrogen and oxygen atoms in total. The summed E-state index contributed by atoms with van der Waals surface area (Å²) < 4.78 is 19.9. The van der Waals surface area contributed by atoms with E-state index in [1.165, 1.54) is 12.5 Å². The van der Waals surface area contributed by atoms with Crippen LogP contribution in [0, 0.1) is 5.82 Å². The molecule has 1 aliphatic carbocycles. The summed E-state index contributed by atoms with van der Waals surface area (Å²) in [7, 11) is 0. The fraction of sp³-hybridized carbons (Fsp3) is 0.438. The van der Waals surface area contributed by atoms with Gasteiger partial charge in [-0.15, -0.1) is 0 Å². The molecule has 0 amide bonds. The second kappa shape index (κ2) is 5.34. The average Bonchev–Trinajstić information content (AvgIpc) is 2.85. The first-order chi connectivity index (χ1) is 10.0. The molecule has 0 atom stereocenters. The highest BCUT2D eigenvalue weighted by Crippen LogP contribution is 2.46. The van der Waals surface area contributed by atoms with Crippen molar-refractivity contribution in [2.24, 2.45) is 0 Å². The predicted molar refractivity (Wildman–Crippen MR) is 81.8 cm³/mol. The van der Waals surface area contributed by atoms with Crippen LogP contribution in [-0.4, -0.2) is 5.16 Å². The van der Waals surface area contributed by atoms with E-state index in [9.17, 15) is 4.39 Å². The number of halogens is 2. The fourth-order valence-electron chi connectivity index (χ4n) is 3.23. The molecule has 1 aromatic carbocycles. The van der Waals surface area contributed by atoms with Gasteiger partial charge < -0.3 is 10.3 Å². The van der Waals surface area contributed by atoms with Crippen LogP contribution in [0.2, 0.25) is 5.02 Å². The lowest BCUT2D eigenvalue weighted by atomic mass is 9.72. The van der Waals surface area contributed by atoms with Crippen molar-refractivity contribution in [3.63, 3.8) is 0 Å². The number of anilines is 1. The molecule has 1 fully saturated rings. The summed E-state index contributed by atoms with van der Waals surface area (Å²) in [6.45, 7) is 2.14. The van der Waals surface area contributed by atoms with Gasteiger partial charge in [0, 0.05) is 11.0 Å². The summed E-state index contributed by atoms with van der Waals surface area (Å²) >= 11 is 5.89. The van der Waals surface area contributed by atoms with Crippen LogP contribution in [0.15, 0.2) is 22.7 Å². The molecule has 2 aromatic rings. The van der Waals surface area contributed by atoms with Crippen molar-refractivity contribution in [3.05, 3.63) is 34.8 Å². The third-order valence-corrected chi connectivity index (χ3v) is 4.74. The number of nitrogens with zero attached hydrogens (tertiary/aromatic N) is 1. The molecule has 21 heavy (non-hydrogen) atoms. The third-order valence-electron chi connectivity index (χ3n) is 4.44. The Kier molecular flexibility index (Phi) is 3.66. The van der Waals surface area contributed by atoms with Crippen LogP contribution in [0.5, 0.6) is 0 Å². The molecule has 0 bridgehead atoms. The zero-order valence-electron chi connectivity index (χ0n) is 12.0.